The molecule has 132 valence electrons. The maximum atomic E-state index is 12.3. The van der Waals surface area contributed by atoms with Crippen molar-refractivity contribution in [2.45, 2.75) is 38.8 Å². The fraction of sp³-hybridized carbons (Fsp3) is 0.688. The Kier molecular flexibility index (Phi) is 5.03. The van der Waals surface area contributed by atoms with E-state index in [-0.39, 0.29) is 18.0 Å². The third-order valence-electron chi connectivity index (χ3n) is 4.68. The minimum absolute atomic E-state index is 0.0187. The third-order valence-corrected chi connectivity index (χ3v) is 4.68. The molecule has 24 heavy (non-hydrogen) atoms. The van der Waals surface area contributed by atoms with E-state index in [4.69, 9.17) is 0 Å². The molecule has 2 N–H and O–H groups in total. The molecule has 1 aromatic heterocycles. The standard InChI is InChI=1S/C16H26N6O2/c1-12(2)22-14(3-6-18-22)19-15(23)11-20-8-4-13(5-9-20)21-10-7-17-16(21)24/h3,6,12-13H,4-5,7-11H2,1-2H3,(H,17,24)(H,19,23). The van der Waals surface area contributed by atoms with E-state index >= 15 is 0 Å². The number of nitrogens with one attached hydrogen (secondary N) is 2. The van der Waals surface area contributed by atoms with Crippen molar-refractivity contribution in [1.29, 1.82) is 0 Å². The summed E-state index contributed by atoms with van der Waals surface area (Å²) >= 11 is 0. The summed E-state index contributed by atoms with van der Waals surface area (Å²) in [5.74, 6) is 0.716. The zero-order valence-electron chi connectivity index (χ0n) is 14.4. The van der Waals surface area contributed by atoms with E-state index in [1.165, 1.54) is 0 Å². The minimum Gasteiger partial charge on any atom is -0.336 e. The Morgan fingerprint density at radius 3 is 2.75 bits per heavy atom. The van der Waals surface area contributed by atoms with Crippen LogP contribution in [0.1, 0.15) is 32.7 Å². The van der Waals surface area contributed by atoms with E-state index < -0.39 is 0 Å². The van der Waals surface area contributed by atoms with Crippen LogP contribution in [0.2, 0.25) is 0 Å². The van der Waals surface area contributed by atoms with Crippen molar-refractivity contribution in [2.75, 3.05) is 38.0 Å². The Morgan fingerprint density at radius 1 is 1.38 bits per heavy atom. The second kappa shape index (κ2) is 7.21. The summed E-state index contributed by atoms with van der Waals surface area (Å²) in [6.07, 6.45) is 3.54. The summed E-state index contributed by atoms with van der Waals surface area (Å²) in [7, 11) is 0. The number of likely N-dealkylation sites (tertiary alicyclic amines) is 1. The maximum Gasteiger partial charge on any atom is 0.317 e. The van der Waals surface area contributed by atoms with E-state index in [2.05, 4.69) is 20.6 Å². The highest BCUT2D eigenvalue weighted by atomic mass is 16.2. The van der Waals surface area contributed by atoms with Crippen LogP contribution in [0.4, 0.5) is 10.6 Å². The predicted octanol–water partition coefficient (Wildman–Crippen LogP) is 0.892. The zero-order valence-corrected chi connectivity index (χ0v) is 14.4. The van der Waals surface area contributed by atoms with Gasteiger partial charge < -0.3 is 15.5 Å². The van der Waals surface area contributed by atoms with Crippen LogP contribution in [0.25, 0.3) is 0 Å². The van der Waals surface area contributed by atoms with Crippen molar-refractivity contribution in [3.8, 4) is 0 Å². The lowest BCUT2D eigenvalue weighted by Gasteiger charge is -2.35. The zero-order chi connectivity index (χ0) is 17.1. The van der Waals surface area contributed by atoms with Crippen LogP contribution in [0.5, 0.6) is 0 Å². The molecule has 2 aliphatic rings. The summed E-state index contributed by atoms with van der Waals surface area (Å²) in [6.45, 7) is 7.65. The molecule has 3 heterocycles. The number of carbonyl (C=O) groups excluding carboxylic acids is 2. The van der Waals surface area contributed by atoms with E-state index in [0.29, 0.717) is 12.6 Å². The number of hydrogen-bond donors (Lipinski definition) is 2. The van der Waals surface area contributed by atoms with Gasteiger partial charge in [0.15, 0.2) is 0 Å². The van der Waals surface area contributed by atoms with E-state index in [1.54, 1.807) is 10.9 Å². The van der Waals surface area contributed by atoms with Gasteiger partial charge in [-0.2, -0.15) is 5.10 Å². The van der Waals surface area contributed by atoms with Crippen molar-refractivity contribution in [1.82, 2.24) is 24.9 Å². The molecule has 2 aliphatic heterocycles. The Balaban J connectivity index is 1.46. The first kappa shape index (κ1) is 16.8. The Bertz CT molecular complexity index is 591. The topological polar surface area (TPSA) is 82.5 Å². The van der Waals surface area contributed by atoms with Gasteiger partial charge in [-0.15, -0.1) is 0 Å². The third kappa shape index (κ3) is 3.69. The van der Waals surface area contributed by atoms with Gasteiger partial charge in [-0.05, 0) is 26.7 Å². The number of amides is 3. The van der Waals surface area contributed by atoms with E-state index in [0.717, 1.165) is 44.8 Å². The highest BCUT2D eigenvalue weighted by Crippen LogP contribution is 2.18. The summed E-state index contributed by atoms with van der Waals surface area (Å²) < 4.78 is 1.80. The SMILES string of the molecule is CC(C)n1nccc1NC(=O)CN1CCC(N2CCNC2=O)CC1. The smallest absolute Gasteiger partial charge is 0.317 e. The molecule has 0 saturated carbocycles. The van der Waals surface area contributed by atoms with Crippen molar-refractivity contribution in [2.24, 2.45) is 0 Å². The number of hydrogen-bond acceptors (Lipinski definition) is 4. The average molecular weight is 334 g/mol. The van der Waals surface area contributed by atoms with Crippen LogP contribution < -0.4 is 10.6 Å². The summed E-state index contributed by atoms with van der Waals surface area (Å²) in [4.78, 5) is 28.1. The molecular weight excluding hydrogens is 308 g/mol. The fourth-order valence-corrected chi connectivity index (χ4v) is 3.43. The number of nitrogens with zero attached hydrogens (tertiary/aromatic N) is 4. The molecule has 2 fully saturated rings. The van der Waals surface area contributed by atoms with Gasteiger partial charge in [0, 0.05) is 44.3 Å². The second-order valence-electron chi connectivity index (χ2n) is 6.74. The Morgan fingerprint density at radius 2 is 2.12 bits per heavy atom. The Labute approximate surface area is 142 Å². The van der Waals surface area contributed by atoms with E-state index in [9.17, 15) is 9.59 Å². The van der Waals surface area contributed by atoms with Crippen LogP contribution >= 0.6 is 0 Å². The Hall–Kier alpha value is -2.09. The first-order chi connectivity index (χ1) is 11.5. The van der Waals surface area contributed by atoms with Gasteiger partial charge in [0.25, 0.3) is 0 Å². The van der Waals surface area contributed by atoms with Crippen molar-refractivity contribution in [3.05, 3.63) is 12.3 Å². The monoisotopic (exact) mass is 334 g/mol. The van der Waals surface area contributed by atoms with Crippen LogP contribution in [0.3, 0.4) is 0 Å². The molecule has 0 spiro atoms. The highest BCUT2D eigenvalue weighted by molar-refractivity contribution is 5.91. The van der Waals surface area contributed by atoms with Crippen LogP contribution in [0.15, 0.2) is 12.3 Å². The number of carbonyl (C=O) groups is 2. The second-order valence-corrected chi connectivity index (χ2v) is 6.74. The molecule has 3 rings (SSSR count). The first-order valence-electron chi connectivity index (χ1n) is 8.65. The van der Waals surface area contributed by atoms with Gasteiger partial charge in [0.05, 0.1) is 12.7 Å². The van der Waals surface area contributed by atoms with E-state index in [1.807, 2.05) is 24.8 Å². The lowest BCUT2D eigenvalue weighted by atomic mass is 10.0. The highest BCUT2D eigenvalue weighted by Gasteiger charge is 2.31. The van der Waals surface area contributed by atoms with Gasteiger partial charge in [0.1, 0.15) is 5.82 Å². The van der Waals surface area contributed by atoms with Gasteiger partial charge in [-0.1, -0.05) is 0 Å². The normalized spacial score (nSPS) is 19.8. The van der Waals surface area contributed by atoms with Crippen LogP contribution in [0, 0.1) is 0 Å². The lowest BCUT2D eigenvalue weighted by molar-refractivity contribution is -0.117. The maximum absolute atomic E-state index is 12.3. The molecular formula is C16H26N6O2. The van der Waals surface area contributed by atoms with Crippen LogP contribution in [-0.2, 0) is 4.79 Å². The molecule has 0 aliphatic carbocycles. The molecule has 0 aromatic carbocycles. The molecule has 0 bridgehead atoms. The van der Waals surface area contributed by atoms with Gasteiger partial charge in [0.2, 0.25) is 5.91 Å². The molecule has 8 nitrogen and oxygen atoms in total. The molecule has 0 unspecified atom stereocenters. The number of anilines is 1. The van der Waals surface area contributed by atoms with Crippen LogP contribution in [-0.4, -0.2) is 70.3 Å². The molecule has 0 atom stereocenters. The number of rotatable bonds is 5. The molecule has 8 heteroatoms. The van der Waals surface area contributed by atoms with Crippen molar-refractivity contribution >= 4 is 17.8 Å². The quantitative estimate of drug-likeness (QED) is 0.838. The van der Waals surface area contributed by atoms with Crippen molar-refractivity contribution < 1.29 is 9.59 Å². The fourth-order valence-electron chi connectivity index (χ4n) is 3.43. The van der Waals surface area contributed by atoms with Gasteiger partial charge in [-0.3, -0.25) is 9.69 Å². The van der Waals surface area contributed by atoms with Gasteiger partial charge in [-0.25, -0.2) is 9.48 Å². The first-order valence-corrected chi connectivity index (χ1v) is 8.65. The van der Waals surface area contributed by atoms with Crippen molar-refractivity contribution in [3.63, 3.8) is 0 Å². The summed E-state index contributed by atoms with van der Waals surface area (Å²) in [5, 5.41) is 10.0. The molecule has 3 amide bonds. The summed E-state index contributed by atoms with van der Waals surface area (Å²) in [5.41, 5.74) is 0. The molecule has 2 saturated heterocycles. The summed E-state index contributed by atoms with van der Waals surface area (Å²) in [6, 6.07) is 2.37. The number of urea groups is 1. The number of aromatic nitrogens is 2. The minimum atomic E-state index is -0.0187. The predicted molar refractivity (Wildman–Crippen MR) is 90.8 cm³/mol. The van der Waals surface area contributed by atoms with Gasteiger partial charge >= 0.3 is 6.03 Å². The molecule has 1 aromatic rings. The number of piperidine rings is 1. The lowest BCUT2D eigenvalue weighted by Crippen LogP contribution is -2.47. The average Bonchev–Trinajstić information content (AvgIpc) is 3.17. The largest absolute Gasteiger partial charge is 0.336 e. The molecule has 0 radical (unpaired) electrons.